The van der Waals surface area contributed by atoms with Gasteiger partial charge in [0.25, 0.3) is 0 Å². The number of halogens is 1. The van der Waals surface area contributed by atoms with Gasteiger partial charge in [0.2, 0.25) is 21.8 Å². The molecule has 0 saturated heterocycles. The van der Waals surface area contributed by atoms with E-state index in [1.54, 1.807) is 29.2 Å². The smallest absolute Gasteiger partial charge is 0.244 e. The summed E-state index contributed by atoms with van der Waals surface area (Å²) in [5.74, 6) is -0.575. The number of rotatable bonds is 11. The first-order valence-corrected chi connectivity index (χ1v) is 14.7. The number of anilines is 1. The second kappa shape index (κ2) is 12.5. The van der Waals surface area contributed by atoms with Gasteiger partial charge in [-0.1, -0.05) is 72.1 Å². The van der Waals surface area contributed by atoms with Gasteiger partial charge >= 0.3 is 0 Å². The van der Waals surface area contributed by atoms with E-state index in [0.717, 1.165) is 41.8 Å². The minimum atomic E-state index is -3.74. The lowest BCUT2D eigenvalue weighted by atomic mass is 10.1. The summed E-state index contributed by atoms with van der Waals surface area (Å²) in [6, 6.07) is 16.0. The summed E-state index contributed by atoms with van der Waals surface area (Å²) in [6.45, 7) is 1.82. The van der Waals surface area contributed by atoms with Crippen LogP contribution in [0.4, 0.5) is 5.69 Å². The van der Waals surface area contributed by atoms with Crippen LogP contribution in [-0.2, 0) is 26.0 Å². The maximum Gasteiger partial charge on any atom is 0.244 e. The lowest BCUT2D eigenvalue weighted by Crippen LogP contribution is -2.54. The Morgan fingerprint density at radius 2 is 1.77 bits per heavy atom. The molecule has 2 aromatic rings. The molecule has 0 bridgehead atoms. The number of benzene rings is 2. The summed E-state index contributed by atoms with van der Waals surface area (Å²) in [6.07, 6.45) is 6.17. The third kappa shape index (κ3) is 7.80. The van der Waals surface area contributed by atoms with E-state index < -0.39 is 22.0 Å². The van der Waals surface area contributed by atoms with E-state index in [1.807, 2.05) is 37.3 Å². The Hall–Kier alpha value is -2.39. The van der Waals surface area contributed by atoms with E-state index >= 15 is 0 Å². The molecule has 9 heteroatoms. The fourth-order valence-electron chi connectivity index (χ4n) is 4.51. The molecular formula is C26H34BrN3O4S. The van der Waals surface area contributed by atoms with Crippen LogP contribution in [0.15, 0.2) is 59.1 Å². The number of hydrogen-bond donors (Lipinski definition) is 1. The van der Waals surface area contributed by atoms with Gasteiger partial charge in [-0.3, -0.25) is 13.9 Å². The Kier molecular flexibility index (Phi) is 9.74. The van der Waals surface area contributed by atoms with Crippen molar-refractivity contribution in [2.45, 2.75) is 57.5 Å². The van der Waals surface area contributed by atoms with Crippen LogP contribution in [0.2, 0.25) is 0 Å². The van der Waals surface area contributed by atoms with Crippen molar-refractivity contribution in [2.75, 3.05) is 23.7 Å². The predicted octanol–water partition coefficient (Wildman–Crippen LogP) is 4.12. The Balaban J connectivity index is 1.86. The standard InChI is InChI=1S/C26H34BrN3O4S/c1-3-24(26(32)28-22-13-7-8-14-22)29(17-16-20-10-5-4-6-11-20)25(31)19-30(35(2,33)34)23-15-9-12-21(27)18-23/h4-6,9-12,15,18,22,24H,3,7-8,13-14,16-17,19H2,1-2H3,(H,28,32). The molecule has 1 fully saturated rings. The molecule has 2 aromatic carbocycles. The van der Waals surface area contributed by atoms with Gasteiger partial charge in [-0.05, 0) is 49.4 Å². The van der Waals surface area contributed by atoms with Crippen LogP contribution in [0, 0.1) is 0 Å². The zero-order valence-corrected chi connectivity index (χ0v) is 22.7. The first-order chi connectivity index (χ1) is 16.7. The molecule has 2 amide bonds. The molecule has 0 radical (unpaired) electrons. The number of hydrogen-bond acceptors (Lipinski definition) is 4. The van der Waals surface area contributed by atoms with E-state index in [0.29, 0.717) is 29.5 Å². The summed E-state index contributed by atoms with van der Waals surface area (Å²) in [4.78, 5) is 28.4. The van der Waals surface area contributed by atoms with Gasteiger partial charge in [0.1, 0.15) is 12.6 Å². The van der Waals surface area contributed by atoms with Crippen LogP contribution in [-0.4, -0.2) is 56.6 Å². The molecule has 1 unspecified atom stereocenters. The molecule has 0 aliphatic heterocycles. The fourth-order valence-corrected chi connectivity index (χ4v) is 5.74. The van der Waals surface area contributed by atoms with Gasteiger partial charge in [0, 0.05) is 17.1 Å². The maximum absolute atomic E-state index is 13.6. The molecule has 3 rings (SSSR count). The molecule has 1 aliphatic rings. The molecule has 0 aromatic heterocycles. The van der Waals surface area contributed by atoms with Gasteiger partial charge in [0.15, 0.2) is 0 Å². The zero-order chi connectivity index (χ0) is 25.4. The lowest BCUT2D eigenvalue weighted by Gasteiger charge is -2.33. The summed E-state index contributed by atoms with van der Waals surface area (Å²) < 4.78 is 27.1. The van der Waals surface area contributed by atoms with Crippen molar-refractivity contribution in [3.63, 3.8) is 0 Å². The van der Waals surface area contributed by atoms with E-state index in [2.05, 4.69) is 21.2 Å². The van der Waals surface area contributed by atoms with Crippen molar-refractivity contribution in [1.82, 2.24) is 10.2 Å². The predicted molar refractivity (Wildman–Crippen MR) is 143 cm³/mol. The van der Waals surface area contributed by atoms with Crippen molar-refractivity contribution >= 4 is 43.5 Å². The average molecular weight is 565 g/mol. The van der Waals surface area contributed by atoms with E-state index in [1.165, 1.54) is 0 Å². The van der Waals surface area contributed by atoms with Gasteiger partial charge in [-0.2, -0.15) is 0 Å². The first-order valence-electron chi connectivity index (χ1n) is 12.1. The summed E-state index contributed by atoms with van der Waals surface area (Å²) in [7, 11) is -3.74. The number of nitrogens with zero attached hydrogens (tertiary/aromatic N) is 2. The molecule has 7 nitrogen and oxygen atoms in total. The maximum atomic E-state index is 13.6. The first kappa shape index (κ1) is 27.2. The largest absolute Gasteiger partial charge is 0.352 e. The van der Waals surface area contributed by atoms with Crippen molar-refractivity contribution in [2.24, 2.45) is 0 Å². The van der Waals surface area contributed by atoms with Gasteiger partial charge in [-0.15, -0.1) is 0 Å². The minimum absolute atomic E-state index is 0.136. The summed E-state index contributed by atoms with van der Waals surface area (Å²) in [5.41, 5.74) is 1.44. The van der Waals surface area contributed by atoms with Crippen molar-refractivity contribution in [3.8, 4) is 0 Å². The normalized spacial score (nSPS) is 14.9. The highest BCUT2D eigenvalue weighted by molar-refractivity contribution is 9.10. The van der Waals surface area contributed by atoms with E-state index in [4.69, 9.17) is 0 Å². The average Bonchev–Trinajstić information content (AvgIpc) is 3.32. The van der Waals surface area contributed by atoms with Gasteiger partial charge in [0.05, 0.1) is 11.9 Å². The molecular weight excluding hydrogens is 530 g/mol. The van der Waals surface area contributed by atoms with Crippen molar-refractivity contribution in [1.29, 1.82) is 0 Å². The van der Waals surface area contributed by atoms with Crippen LogP contribution in [0.3, 0.4) is 0 Å². The van der Waals surface area contributed by atoms with Gasteiger partial charge in [-0.25, -0.2) is 8.42 Å². The zero-order valence-electron chi connectivity index (χ0n) is 20.3. The molecule has 1 saturated carbocycles. The number of amides is 2. The SMILES string of the molecule is CCC(C(=O)NC1CCCC1)N(CCc1ccccc1)C(=O)CN(c1cccc(Br)c1)S(C)(=O)=O. The van der Waals surface area contributed by atoms with E-state index in [9.17, 15) is 18.0 Å². The number of carbonyl (C=O) groups is 2. The summed E-state index contributed by atoms with van der Waals surface area (Å²) in [5, 5.41) is 3.12. The highest BCUT2D eigenvalue weighted by Crippen LogP contribution is 2.23. The second-order valence-corrected chi connectivity index (χ2v) is 11.8. The number of nitrogens with one attached hydrogen (secondary N) is 1. The molecule has 190 valence electrons. The lowest BCUT2D eigenvalue weighted by molar-refractivity contribution is -0.139. The third-order valence-electron chi connectivity index (χ3n) is 6.35. The quantitative estimate of drug-likeness (QED) is 0.445. The minimum Gasteiger partial charge on any atom is -0.352 e. The number of carbonyl (C=O) groups excluding carboxylic acids is 2. The molecule has 0 spiro atoms. The highest BCUT2D eigenvalue weighted by Gasteiger charge is 2.32. The van der Waals surface area contributed by atoms with Crippen molar-refractivity contribution < 1.29 is 18.0 Å². The van der Waals surface area contributed by atoms with Crippen molar-refractivity contribution in [3.05, 3.63) is 64.6 Å². The third-order valence-corrected chi connectivity index (χ3v) is 7.98. The molecule has 0 heterocycles. The van der Waals surface area contributed by atoms with Crippen LogP contribution >= 0.6 is 15.9 Å². The molecule has 1 aliphatic carbocycles. The topological polar surface area (TPSA) is 86.8 Å². The Morgan fingerprint density at radius 3 is 2.37 bits per heavy atom. The van der Waals surface area contributed by atoms with Crippen LogP contribution < -0.4 is 9.62 Å². The van der Waals surface area contributed by atoms with Crippen LogP contribution in [0.5, 0.6) is 0 Å². The Bertz CT molecular complexity index is 1100. The Morgan fingerprint density at radius 1 is 1.09 bits per heavy atom. The molecule has 35 heavy (non-hydrogen) atoms. The molecule has 1 atom stereocenters. The number of sulfonamides is 1. The Labute approximate surface area is 217 Å². The van der Waals surface area contributed by atoms with E-state index in [-0.39, 0.29) is 18.5 Å². The second-order valence-electron chi connectivity index (χ2n) is 8.99. The highest BCUT2D eigenvalue weighted by atomic mass is 79.9. The molecule has 1 N–H and O–H groups in total. The summed E-state index contributed by atoms with van der Waals surface area (Å²) >= 11 is 3.37. The fraction of sp³-hybridized carbons (Fsp3) is 0.462. The van der Waals surface area contributed by atoms with Crippen LogP contribution in [0.1, 0.15) is 44.6 Å². The monoisotopic (exact) mass is 563 g/mol. The van der Waals surface area contributed by atoms with Crippen LogP contribution in [0.25, 0.3) is 0 Å². The van der Waals surface area contributed by atoms with Gasteiger partial charge < -0.3 is 10.2 Å².